The van der Waals surface area contributed by atoms with Crippen molar-refractivity contribution < 1.29 is 9.13 Å². The molecule has 3 heteroatoms. The van der Waals surface area contributed by atoms with Crippen molar-refractivity contribution in [2.75, 3.05) is 12.4 Å². The first-order valence-corrected chi connectivity index (χ1v) is 5.87. The van der Waals surface area contributed by atoms with E-state index in [0.29, 0.717) is 12.2 Å². The molecule has 0 saturated carbocycles. The van der Waals surface area contributed by atoms with Gasteiger partial charge in [-0.2, -0.15) is 0 Å². The third-order valence-corrected chi connectivity index (χ3v) is 2.71. The van der Waals surface area contributed by atoms with Crippen LogP contribution in [0.2, 0.25) is 0 Å². The molecule has 0 atom stereocenters. The summed E-state index contributed by atoms with van der Waals surface area (Å²) in [6.45, 7) is 0.777. The Kier molecular flexibility index (Phi) is 4.31. The van der Waals surface area contributed by atoms with E-state index >= 15 is 0 Å². The molecule has 0 fully saturated rings. The van der Waals surface area contributed by atoms with Crippen molar-refractivity contribution in [2.24, 2.45) is 0 Å². The Labute approximate surface area is 106 Å². The van der Waals surface area contributed by atoms with E-state index in [1.807, 2.05) is 36.4 Å². The molecule has 0 bridgehead atoms. The van der Waals surface area contributed by atoms with Gasteiger partial charge in [0.05, 0.1) is 13.2 Å². The van der Waals surface area contributed by atoms with Crippen molar-refractivity contribution in [1.29, 1.82) is 0 Å². The van der Waals surface area contributed by atoms with E-state index in [0.717, 1.165) is 11.3 Å². The smallest absolute Gasteiger partial charge is 0.130 e. The van der Waals surface area contributed by atoms with Gasteiger partial charge in [0, 0.05) is 18.3 Å². The number of hydrogen-bond donors (Lipinski definition) is 1. The van der Waals surface area contributed by atoms with E-state index in [2.05, 4.69) is 5.32 Å². The highest BCUT2D eigenvalue weighted by Crippen LogP contribution is 2.15. The molecule has 0 spiro atoms. The second kappa shape index (κ2) is 6.17. The summed E-state index contributed by atoms with van der Waals surface area (Å²) >= 11 is 0. The predicted molar refractivity (Wildman–Crippen MR) is 70.9 cm³/mol. The maximum atomic E-state index is 13.6. The summed E-state index contributed by atoms with van der Waals surface area (Å²) in [5.74, 6) is -0.241. The van der Waals surface area contributed by atoms with Crippen LogP contribution in [0.5, 0.6) is 0 Å². The predicted octanol–water partition coefficient (Wildman–Crippen LogP) is 3.58. The minimum absolute atomic E-state index is 0.241. The van der Waals surface area contributed by atoms with E-state index in [1.54, 1.807) is 13.1 Å². The zero-order chi connectivity index (χ0) is 12.8. The average Bonchev–Trinajstić information content (AvgIpc) is 2.42. The molecule has 0 radical (unpaired) electrons. The van der Waals surface area contributed by atoms with Crippen LogP contribution >= 0.6 is 0 Å². The van der Waals surface area contributed by atoms with Crippen molar-refractivity contribution in [3.05, 3.63) is 65.5 Å². The lowest BCUT2D eigenvalue weighted by Crippen LogP contribution is -1.98. The van der Waals surface area contributed by atoms with Crippen LogP contribution in [-0.2, 0) is 18.0 Å². The molecule has 0 aliphatic carbocycles. The minimum Gasteiger partial charge on any atom is -0.388 e. The highest BCUT2D eigenvalue weighted by Gasteiger charge is 2.03. The molecular weight excluding hydrogens is 229 g/mol. The summed E-state index contributed by atoms with van der Waals surface area (Å²) in [6.07, 6.45) is 0. The van der Waals surface area contributed by atoms with Crippen LogP contribution in [0.25, 0.3) is 0 Å². The van der Waals surface area contributed by atoms with Gasteiger partial charge in [0.1, 0.15) is 5.82 Å². The van der Waals surface area contributed by atoms with Crippen molar-refractivity contribution in [3.8, 4) is 0 Å². The molecule has 1 N–H and O–H groups in total. The Bertz CT molecular complexity index is 499. The van der Waals surface area contributed by atoms with Crippen LogP contribution in [-0.4, -0.2) is 7.05 Å². The van der Waals surface area contributed by atoms with Crippen LogP contribution in [0.4, 0.5) is 10.1 Å². The molecule has 2 aromatic rings. The largest absolute Gasteiger partial charge is 0.388 e. The van der Waals surface area contributed by atoms with E-state index < -0.39 is 0 Å². The maximum absolute atomic E-state index is 13.6. The highest BCUT2D eigenvalue weighted by molar-refractivity contribution is 5.44. The Morgan fingerprint density at radius 1 is 1.06 bits per heavy atom. The SMILES string of the molecule is CNc1ccc(COCc2ccccc2)c(F)c1. The normalized spacial score (nSPS) is 10.3. The molecule has 0 aliphatic rings. The van der Waals surface area contributed by atoms with Gasteiger partial charge in [0.15, 0.2) is 0 Å². The standard InChI is InChI=1S/C15H16FNO/c1-17-14-8-7-13(15(16)9-14)11-18-10-12-5-3-2-4-6-12/h2-9,17H,10-11H2,1H3. The molecule has 0 aliphatic heterocycles. The maximum Gasteiger partial charge on any atom is 0.130 e. The van der Waals surface area contributed by atoms with Crippen molar-refractivity contribution in [3.63, 3.8) is 0 Å². The number of halogens is 1. The number of benzene rings is 2. The van der Waals surface area contributed by atoms with Gasteiger partial charge in [-0.25, -0.2) is 4.39 Å². The van der Waals surface area contributed by atoms with Gasteiger partial charge in [0.2, 0.25) is 0 Å². The van der Waals surface area contributed by atoms with Crippen LogP contribution in [0, 0.1) is 5.82 Å². The van der Waals surface area contributed by atoms with Gasteiger partial charge < -0.3 is 10.1 Å². The first-order valence-electron chi connectivity index (χ1n) is 5.87. The van der Waals surface area contributed by atoms with Crippen molar-refractivity contribution in [2.45, 2.75) is 13.2 Å². The Morgan fingerprint density at radius 3 is 2.50 bits per heavy atom. The van der Waals surface area contributed by atoms with E-state index in [-0.39, 0.29) is 12.4 Å². The minimum atomic E-state index is -0.241. The molecule has 0 saturated heterocycles. The van der Waals surface area contributed by atoms with Gasteiger partial charge in [-0.15, -0.1) is 0 Å². The summed E-state index contributed by atoms with van der Waals surface area (Å²) in [4.78, 5) is 0. The molecule has 94 valence electrons. The van der Waals surface area contributed by atoms with E-state index in [4.69, 9.17) is 4.74 Å². The van der Waals surface area contributed by atoms with Gasteiger partial charge >= 0.3 is 0 Å². The Hall–Kier alpha value is -1.87. The van der Waals surface area contributed by atoms with Gasteiger partial charge in [0.25, 0.3) is 0 Å². The van der Waals surface area contributed by atoms with E-state index in [9.17, 15) is 4.39 Å². The van der Waals surface area contributed by atoms with Crippen LogP contribution in [0.1, 0.15) is 11.1 Å². The van der Waals surface area contributed by atoms with Crippen molar-refractivity contribution >= 4 is 5.69 Å². The lowest BCUT2D eigenvalue weighted by atomic mass is 10.2. The molecule has 2 aromatic carbocycles. The summed E-state index contributed by atoms with van der Waals surface area (Å²) in [5, 5.41) is 2.90. The molecule has 0 amide bonds. The van der Waals surface area contributed by atoms with Crippen LogP contribution < -0.4 is 5.32 Å². The first-order chi connectivity index (χ1) is 8.79. The molecule has 0 heterocycles. The first kappa shape index (κ1) is 12.6. The zero-order valence-corrected chi connectivity index (χ0v) is 10.3. The van der Waals surface area contributed by atoms with Crippen molar-refractivity contribution in [1.82, 2.24) is 0 Å². The lowest BCUT2D eigenvalue weighted by Gasteiger charge is -2.07. The number of nitrogens with one attached hydrogen (secondary N) is 1. The lowest BCUT2D eigenvalue weighted by molar-refractivity contribution is 0.105. The molecule has 18 heavy (non-hydrogen) atoms. The quantitative estimate of drug-likeness (QED) is 0.869. The highest BCUT2D eigenvalue weighted by atomic mass is 19.1. The summed E-state index contributed by atoms with van der Waals surface area (Å²) in [5.41, 5.74) is 2.42. The molecule has 2 nitrogen and oxygen atoms in total. The third kappa shape index (κ3) is 3.31. The van der Waals surface area contributed by atoms with Gasteiger partial charge in [-0.1, -0.05) is 36.4 Å². The number of ether oxygens (including phenoxy) is 1. The van der Waals surface area contributed by atoms with Gasteiger partial charge in [-0.3, -0.25) is 0 Å². The molecular formula is C15H16FNO. The molecule has 0 unspecified atom stereocenters. The Morgan fingerprint density at radius 2 is 1.83 bits per heavy atom. The van der Waals surface area contributed by atoms with E-state index in [1.165, 1.54) is 6.07 Å². The average molecular weight is 245 g/mol. The third-order valence-electron chi connectivity index (χ3n) is 2.71. The van der Waals surface area contributed by atoms with Crippen LogP contribution in [0.15, 0.2) is 48.5 Å². The van der Waals surface area contributed by atoms with Gasteiger partial charge in [-0.05, 0) is 17.7 Å². The Balaban J connectivity index is 1.91. The topological polar surface area (TPSA) is 21.3 Å². The summed E-state index contributed by atoms with van der Waals surface area (Å²) in [7, 11) is 1.76. The second-order valence-electron chi connectivity index (χ2n) is 4.03. The fraction of sp³-hybridized carbons (Fsp3) is 0.200. The van der Waals surface area contributed by atoms with Crippen LogP contribution in [0.3, 0.4) is 0 Å². The number of hydrogen-bond acceptors (Lipinski definition) is 2. The second-order valence-corrected chi connectivity index (χ2v) is 4.03. The summed E-state index contributed by atoms with van der Waals surface area (Å²) < 4.78 is 19.1. The monoisotopic (exact) mass is 245 g/mol. The zero-order valence-electron chi connectivity index (χ0n) is 10.3. The number of rotatable bonds is 5. The number of anilines is 1. The fourth-order valence-electron chi connectivity index (χ4n) is 1.67. The summed E-state index contributed by atoms with van der Waals surface area (Å²) in [6, 6.07) is 14.9. The molecule has 0 aromatic heterocycles. The fourth-order valence-corrected chi connectivity index (χ4v) is 1.67. The molecule has 2 rings (SSSR count).